The number of aromatic amines is 1. The molecule has 5 heteroatoms. The van der Waals surface area contributed by atoms with Crippen molar-refractivity contribution in [3.05, 3.63) is 63.1 Å². The van der Waals surface area contributed by atoms with Gasteiger partial charge in [-0.05, 0) is 39.8 Å². The van der Waals surface area contributed by atoms with Gasteiger partial charge in [0.05, 0.1) is 11.8 Å². The van der Waals surface area contributed by atoms with Gasteiger partial charge in [0.2, 0.25) is 5.91 Å². The molecule has 2 rings (SSSR count). The molecule has 0 saturated heterocycles. The van der Waals surface area contributed by atoms with Crippen molar-refractivity contribution in [3.63, 3.8) is 0 Å². The zero-order chi connectivity index (χ0) is 17.0. The number of hydrogen-bond donors (Lipinski definition) is 2. The SMILES string of the molecule is Cc1ccc(SC(C)C(=O)NCc2[nH]cc(C)c(=O)c2C)cc1. The summed E-state index contributed by atoms with van der Waals surface area (Å²) in [6, 6.07) is 8.11. The van der Waals surface area contributed by atoms with Gasteiger partial charge in [-0.15, -0.1) is 11.8 Å². The second-order valence-electron chi connectivity index (χ2n) is 5.70. The summed E-state index contributed by atoms with van der Waals surface area (Å²) in [6.07, 6.45) is 1.68. The molecule has 0 saturated carbocycles. The Morgan fingerprint density at radius 2 is 1.87 bits per heavy atom. The number of rotatable bonds is 5. The normalized spacial score (nSPS) is 12.0. The first-order valence-corrected chi connectivity index (χ1v) is 8.45. The van der Waals surface area contributed by atoms with Gasteiger partial charge in [0.25, 0.3) is 0 Å². The van der Waals surface area contributed by atoms with E-state index in [9.17, 15) is 9.59 Å². The second kappa shape index (κ2) is 7.51. The molecule has 4 nitrogen and oxygen atoms in total. The van der Waals surface area contributed by atoms with Crippen LogP contribution in [0.1, 0.15) is 29.3 Å². The third-order valence-electron chi connectivity index (χ3n) is 3.76. The van der Waals surface area contributed by atoms with Crippen molar-refractivity contribution in [1.82, 2.24) is 10.3 Å². The molecule has 23 heavy (non-hydrogen) atoms. The first kappa shape index (κ1) is 17.3. The number of nitrogens with one attached hydrogen (secondary N) is 2. The van der Waals surface area contributed by atoms with Crippen LogP contribution in [0.4, 0.5) is 0 Å². The summed E-state index contributed by atoms with van der Waals surface area (Å²) >= 11 is 1.52. The number of benzene rings is 1. The number of thioether (sulfide) groups is 1. The van der Waals surface area contributed by atoms with Gasteiger partial charge >= 0.3 is 0 Å². The minimum Gasteiger partial charge on any atom is -0.363 e. The average Bonchev–Trinajstić information content (AvgIpc) is 2.53. The first-order chi connectivity index (χ1) is 10.9. The van der Waals surface area contributed by atoms with Gasteiger partial charge in [-0.1, -0.05) is 17.7 Å². The molecule has 0 aliphatic heterocycles. The van der Waals surface area contributed by atoms with Crippen LogP contribution < -0.4 is 10.7 Å². The monoisotopic (exact) mass is 330 g/mol. The van der Waals surface area contributed by atoms with E-state index in [1.807, 2.05) is 38.1 Å². The Hall–Kier alpha value is -2.01. The number of carbonyl (C=O) groups is 1. The van der Waals surface area contributed by atoms with Crippen LogP contribution in [0, 0.1) is 20.8 Å². The molecule has 2 N–H and O–H groups in total. The van der Waals surface area contributed by atoms with Gasteiger partial charge in [0.1, 0.15) is 0 Å². The van der Waals surface area contributed by atoms with Crippen molar-refractivity contribution in [2.45, 2.75) is 44.4 Å². The average molecular weight is 330 g/mol. The number of pyridine rings is 1. The second-order valence-corrected chi connectivity index (χ2v) is 7.11. The topological polar surface area (TPSA) is 62.0 Å². The van der Waals surface area contributed by atoms with E-state index in [-0.39, 0.29) is 16.6 Å². The van der Waals surface area contributed by atoms with E-state index >= 15 is 0 Å². The lowest BCUT2D eigenvalue weighted by Crippen LogP contribution is -2.31. The largest absolute Gasteiger partial charge is 0.363 e. The molecule has 0 fully saturated rings. The predicted molar refractivity (Wildman–Crippen MR) is 94.9 cm³/mol. The minimum atomic E-state index is -0.199. The fourth-order valence-corrected chi connectivity index (χ4v) is 3.07. The lowest BCUT2D eigenvalue weighted by atomic mass is 10.1. The van der Waals surface area contributed by atoms with Crippen LogP contribution in [-0.2, 0) is 11.3 Å². The Balaban J connectivity index is 1.95. The smallest absolute Gasteiger partial charge is 0.233 e. The number of H-pyrrole nitrogens is 1. The molecule has 0 radical (unpaired) electrons. The van der Waals surface area contributed by atoms with E-state index in [4.69, 9.17) is 0 Å². The number of aromatic nitrogens is 1. The molecule has 1 aromatic carbocycles. The van der Waals surface area contributed by atoms with E-state index < -0.39 is 0 Å². The van der Waals surface area contributed by atoms with Gasteiger partial charge < -0.3 is 10.3 Å². The molecule has 122 valence electrons. The predicted octanol–water partition coefficient (Wildman–Crippen LogP) is 3.10. The lowest BCUT2D eigenvalue weighted by molar-refractivity contribution is -0.120. The molecule has 0 aliphatic rings. The summed E-state index contributed by atoms with van der Waals surface area (Å²) < 4.78 is 0. The van der Waals surface area contributed by atoms with Gasteiger partial charge in [-0.2, -0.15) is 0 Å². The van der Waals surface area contributed by atoms with Crippen LogP contribution in [0.15, 0.2) is 40.2 Å². The number of carbonyl (C=O) groups excluding carboxylic acids is 1. The van der Waals surface area contributed by atoms with Crippen LogP contribution in [0.25, 0.3) is 0 Å². The zero-order valence-electron chi connectivity index (χ0n) is 13.9. The molecule has 0 bridgehead atoms. The fourth-order valence-electron chi connectivity index (χ4n) is 2.18. The van der Waals surface area contributed by atoms with Crippen LogP contribution in [0.2, 0.25) is 0 Å². The van der Waals surface area contributed by atoms with Gasteiger partial charge in [-0.3, -0.25) is 9.59 Å². The molecular weight excluding hydrogens is 308 g/mol. The van der Waals surface area contributed by atoms with E-state index in [1.54, 1.807) is 20.0 Å². The maximum absolute atomic E-state index is 12.2. The van der Waals surface area contributed by atoms with E-state index in [0.717, 1.165) is 10.6 Å². The van der Waals surface area contributed by atoms with Crippen molar-refractivity contribution in [1.29, 1.82) is 0 Å². The lowest BCUT2D eigenvalue weighted by Gasteiger charge is -2.13. The number of amides is 1. The third-order valence-corrected chi connectivity index (χ3v) is 4.87. The van der Waals surface area contributed by atoms with E-state index in [2.05, 4.69) is 10.3 Å². The molecule has 1 amide bonds. The summed E-state index contributed by atoms with van der Waals surface area (Å²) in [4.78, 5) is 28.3. The quantitative estimate of drug-likeness (QED) is 0.828. The molecule has 1 heterocycles. The molecule has 0 spiro atoms. The maximum Gasteiger partial charge on any atom is 0.233 e. The summed E-state index contributed by atoms with van der Waals surface area (Å²) in [5.41, 5.74) is 3.31. The third kappa shape index (κ3) is 4.48. The van der Waals surface area contributed by atoms with Gasteiger partial charge in [0.15, 0.2) is 5.43 Å². The van der Waals surface area contributed by atoms with Crippen LogP contribution in [0.3, 0.4) is 0 Å². The number of aryl methyl sites for hydroxylation is 2. The highest BCUT2D eigenvalue weighted by molar-refractivity contribution is 8.00. The maximum atomic E-state index is 12.2. The van der Waals surface area contributed by atoms with Crippen LogP contribution in [-0.4, -0.2) is 16.1 Å². The molecule has 1 aromatic heterocycles. The Labute approximate surface area is 140 Å². The summed E-state index contributed by atoms with van der Waals surface area (Å²) in [5, 5.41) is 2.69. The highest BCUT2D eigenvalue weighted by atomic mass is 32.2. The first-order valence-electron chi connectivity index (χ1n) is 7.57. The summed E-state index contributed by atoms with van der Waals surface area (Å²) in [5.74, 6) is -0.0450. The molecular formula is C18H22N2O2S. The minimum absolute atomic E-state index is 0.0232. The fraction of sp³-hybridized carbons (Fsp3) is 0.333. The molecule has 0 aliphatic carbocycles. The van der Waals surface area contributed by atoms with Crippen LogP contribution >= 0.6 is 11.8 Å². The Morgan fingerprint density at radius 1 is 1.22 bits per heavy atom. The summed E-state index contributed by atoms with van der Waals surface area (Å²) in [7, 11) is 0. The molecule has 1 unspecified atom stereocenters. The summed E-state index contributed by atoms with van der Waals surface area (Å²) in [6.45, 7) is 7.80. The Kier molecular flexibility index (Phi) is 5.66. The van der Waals surface area contributed by atoms with Crippen molar-refractivity contribution < 1.29 is 4.79 Å². The van der Waals surface area contributed by atoms with E-state index in [0.29, 0.717) is 17.7 Å². The van der Waals surface area contributed by atoms with Crippen molar-refractivity contribution in [2.24, 2.45) is 0 Å². The Bertz CT molecular complexity index is 751. The molecule has 2 aromatic rings. The highest BCUT2D eigenvalue weighted by Crippen LogP contribution is 2.23. The number of hydrogen-bond acceptors (Lipinski definition) is 3. The van der Waals surface area contributed by atoms with Crippen molar-refractivity contribution in [3.8, 4) is 0 Å². The zero-order valence-corrected chi connectivity index (χ0v) is 14.7. The molecule has 1 atom stereocenters. The van der Waals surface area contributed by atoms with Gasteiger partial charge in [-0.25, -0.2) is 0 Å². The van der Waals surface area contributed by atoms with Crippen molar-refractivity contribution in [2.75, 3.05) is 0 Å². The van der Waals surface area contributed by atoms with Crippen molar-refractivity contribution >= 4 is 17.7 Å². The Morgan fingerprint density at radius 3 is 2.52 bits per heavy atom. The van der Waals surface area contributed by atoms with E-state index in [1.165, 1.54) is 17.3 Å². The van der Waals surface area contributed by atoms with Gasteiger partial charge in [0, 0.05) is 27.9 Å². The standard InChI is InChI=1S/C18H22N2O2S/c1-11-5-7-15(8-6-11)23-14(4)18(22)20-10-16-13(3)17(21)12(2)9-19-16/h5-9,14H,10H2,1-4H3,(H,19,21)(H,20,22). The van der Waals surface area contributed by atoms with Crippen LogP contribution in [0.5, 0.6) is 0 Å². The highest BCUT2D eigenvalue weighted by Gasteiger charge is 2.15.